The van der Waals surface area contributed by atoms with Crippen molar-refractivity contribution in [3.8, 4) is 0 Å². The number of rotatable bonds is 3. The lowest BCUT2D eigenvalue weighted by molar-refractivity contribution is 0.408. The fourth-order valence-corrected chi connectivity index (χ4v) is 4.19. The van der Waals surface area contributed by atoms with Gasteiger partial charge in [-0.1, -0.05) is 24.8 Å². The van der Waals surface area contributed by atoms with E-state index in [0.29, 0.717) is 0 Å². The maximum atomic E-state index is 5.19. The summed E-state index contributed by atoms with van der Waals surface area (Å²) in [7, 11) is 2.16. The molecule has 1 fully saturated rings. The van der Waals surface area contributed by atoms with Crippen LogP contribution in [0.3, 0.4) is 0 Å². The van der Waals surface area contributed by atoms with Crippen LogP contribution in [0.15, 0.2) is 65.2 Å². The number of hydrogen-bond acceptors (Lipinski definition) is 4. The summed E-state index contributed by atoms with van der Waals surface area (Å²) in [5.41, 5.74) is 5.94. The summed E-state index contributed by atoms with van der Waals surface area (Å²) in [6.45, 7) is 10.6. The zero-order chi connectivity index (χ0) is 18.8. The third kappa shape index (κ3) is 3.66. The predicted molar refractivity (Wildman–Crippen MR) is 114 cm³/mol. The first-order valence-electron chi connectivity index (χ1n) is 10.1. The summed E-state index contributed by atoms with van der Waals surface area (Å²) in [5.74, 6) is 1.04. The molecule has 0 aliphatic carbocycles. The van der Waals surface area contributed by atoms with Crippen LogP contribution in [0.25, 0.3) is 0 Å². The first-order valence-corrected chi connectivity index (χ1v) is 10.1. The van der Waals surface area contributed by atoms with E-state index in [1.54, 1.807) is 0 Å². The van der Waals surface area contributed by atoms with Gasteiger partial charge in [0, 0.05) is 51.0 Å². The van der Waals surface area contributed by atoms with E-state index in [-0.39, 0.29) is 0 Å². The minimum atomic E-state index is 0.855. The summed E-state index contributed by atoms with van der Waals surface area (Å²) >= 11 is 0. The van der Waals surface area contributed by atoms with Crippen molar-refractivity contribution >= 4 is 11.4 Å². The van der Waals surface area contributed by atoms with E-state index in [1.807, 2.05) is 0 Å². The lowest BCUT2D eigenvalue weighted by Gasteiger charge is -2.25. The Labute approximate surface area is 163 Å². The third-order valence-electron chi connectivity index (χ3n) is 5.71. The Bertz CT molecular complexity index is 811. The molecule has 3 aliphatic rings. The molecular weight excluding hydrogens is 332 g/mol. The van der Waals surface area contributed by atoms with Gasteiger partial charge in [-0.05, 0) is 50.0 Å². The predicted octanol–water partition coefficient (Wildman–Crippen LogP) is 4.38. The SMILES string of the molecule is C=C(C)N1CCCN(C)C2=C1N=C(c1cccc(N3CCCC3)c1)CC=C2. The molecule has 27 heavy (non-hydrogen) atoms. The molecule has 4 rings (SSSR count). The Balaban J connectivity index is 1.74. The summed E-state index contributed by atoms with van der Waals surface area (Å²) in [5, 5.41) is 0. The van der Waals surface area contributed by atoms with Crippen molar-refractivity contribution in [2.24, 2.45) is 4.99 Å². The third-order valence-corrected chi connectivity index (χ3v) is 5.71. The number of hydrogen-bond donors (Lipinski definition) is 0. The Morgan fingerprint density at radius 3 is 2.67 bits per heavy atom. The molecule has 3 aliphatic heterocycles. The smallest absolute Gasteiger partial charge is 0.156 e. The van der Waals surface area contributed by atoms with Gasteiger partial charge in [0.15, 0.2) is 5.82 Å². The molecule has 0 atom stereocenters. The van der Waals surface area contributed by atoms with Crippen LogP contribution in [0.5, 0.6) is 0 Å². The molecule has 0 radical (unpaired) electrons. The molecule has 0 unspecified atom stereocenters. The first kappa shape index (κ1) is 17.9. The lowest BCUT2D eigenvalue weighted by atomic mass is 10.1. The van der Waals surface area contributed by atoms with Crippen molar-refractivity contribution in [3.05, 3.63) is 65.8 Å². The van der Waals surface area contributed by atoms with Crippen LogP contribution >= 0.6 is 0 Å². The fraction of sp³-hybridized carbons (Fsp3) is 0.435. The van der Waals surface area contributed by atoms with Gasteiger partial charge in [-0.3, -0.25) is 0 Å². The van der Waals surface area contributed by atoms with E-state index in [1.165, 1.54) is 42.9 Å². The van der Waals surface area contributed by atoms with Gasteiger partial charge in [0.25, 0.3) is 0 Å². The highest BCUT2D eigenvalue weighted by Crippen LogP contribution is 2.28. The van der Waals surface area contributed by atoms with Crippen LogP contribution in [0.1, 0.15) is 38.2 Å². The van der Waals surface area contributed by atoms with Gasteiger partial charge in [0.1, 0.15) is 0 Å². The minimum absolute atomic E-state index is 0.855. The van der Waals surface area contributed by atoms with Crippen molar-refractivity contribution in [1.29, 1.82) is 0 Å². The molecule has 0 N–H and O–H groups in total. The zero-order valence-corrected chi connectivity index (χ0v) is 16.6. The van der Waals surface area contributed by atoms with Crippen molar-refractivity contribution in [3.63, 3.8) is 0 Å². The highest BCUT2D eigenvalue weighted by molar-refractivity contribution is 6.03. The normalized spacial score (nSPS) is 20.4. The fourth-order valence-electron chi connectivity index (χ4n) is 4.19. The van der Waals surface area contributed by atoms with Gasteiger partial charge in [-0.25, -0.2) is 4.99 Å². The van der Waals surface area contributed by atoms with Crippen LogP contribution in [0.2, 0.25) is 0 Å². The van der Waals surface area contributed by atoms with E-state index in [2.05, 4.69) is 71.7 Å². The molecule has 0 aromatic heterocycles. The second kappa shape index (κ2) is 7.63. The molecule has 4 nitrogen and oxygen atoms in total. The molecular formula is C23H30N4. The standard InChI is InChI=1S/C23H30N4/c1-18(2)27-16-8-13-25(3)22-12-7-11-21(24-23(22)27)19-9-6-10-20(17-19)26-14-4-5-15-26/h6-7,9-10,12,17H,1,4-5,8,11,13-16H2,2-3H3. The summed E-state index contributed by atoms with van der Waals surface area (Å²) < 4.78 is 0. The Kier molecular flexibility index (Phi) is 5.06. The lowest BCUT2D eigenvalue weighted by Crippen LogP contribution is -2.22. The average molecular weight is 363 g/mol. The first-order chi connectivity index (χ1) is 13.1. The topological polar surface area (TPSA) is 22.1 Å². The summed E-state index contributed by atoms with van der Waals surface area (Å²) in [6, 6.07) is 8.91. The van der Waals surface area contributed by atoms with Gasteiger partial charge < -0.3 is 14.7 Å². The maximum Gasteiger partial charge on any atom is 0.156 e. The van der Waals surface area contributed by atoms with Crippen molar-refractivity contribution in [2.75, 3.05) is 38.1 Å². The van der Waals surface area contributed by atoms with Crippen molar-refractivity contribution in [2.45, 2.75) is 32.6 Å². The minimum Gasteiger partial charge on any atom is -0.372 e. The van der Waals surface area contributed by atoms with Crippen molar-refractivity contribution < 1.29 is 0 Å². The molecule has 1 saturated heterocycles. The second-order valence-corrected chi connectivity index (χ2v) is 7.78. The zero-order valence-electron chi connectivity index (χ0n) is 16.6. The summed E-state index contributed by atoms with van der Waals surface area (Å²) in [6.07, 6.45) is 9.04. The van der Waals surface area contributed by atoms with Crippen LogP contribution in [0, 0.1) is 0 Å². The van der Waals surface area contributed by atoms with Gasteiger partial charge >= 0.3 is 0 Å². The molecule has 1 aromatic carbocycles. The van der Waals surface area contributed by atoms with E-state index in [0.717, 1.165) is 43.2 Å². The van der Waals surface area contributed by atoms with E-state index in [9.17, 15) is 0 Å². The average Bonchev–Trinajstić information content (AvgIpc) is 3.05. The number of benzene rings is 1. The number of nitrogens with zero attached hydrogens (tertiary/aromatic N) is 4. The van der Waals surface area contributed by atoms with Crippen LogP contribution in [0.4, 0.5) is 5.69 Å². The Hall–Kier alpha value is -2.49. The number of allylic oxidation sites excluding steroid dienone is 3. The maximum absolute atomic E-state index is 5.19. The molecule has 0 spiro atoms. The largest absolute Gasteiger partial charge is 0.372 e. The van der Waals surface area contributed by atoms with Gasteiger partial charge in [-0.15, -0.1) is 0 Å². The van der Waals surface area contributed by atoms with Gasteiger partial charge in [-0.2, -0.15) is 0 Å². The highest BCUT2D eigenvalue weighted by Gasteiger charge is 2.23. The summed E-state index contributed by atoms with van der Waals surface area (Å²) in [4.78, 5) is 12.3. The Morgan fingerprint density at radius 1 is 1.07 bits per heavy atom. The molecule has 0 saturated carbocycles. The molecule has 1 aromatic rings. The van der Waals surface area contributed by atoms with Crippen LogP contribution in [-0.2, 0) is 0 Å². The molecule has 4 heteroatoms. The Morgan fingerprint density at radius 2 is 1.89 bits per heavy atom. The second-order valence-electron chi connectivity index (χ2n) is 7.78. The quantitative estimate of drug-likeness (QED) is 0.797. The monoisotopic (exact) mass is 362 g/mol. The van der Waals surface area contributed by atoms with E-state index >= 15 is 0 Å². The molecule has 142 valence electrons. The number of anilines is 1. The van der Waals surface area contributed by atoms with Gasteiger partial charge in [0.2, 0.25) is 0 Å². The van der Waals surface area contributed by atoms with E-state index in [4.69, 9.17) is 4.99 Å². The van der Waals surface area contributed by atoms with Crippen molar-refractivity contribution in [1.82, 2.24) is 9.80 Å². The number of aliphatic imine (C=N–C) groups is 1. The van der Waals surface area contributed by atoms with Crippen LogP contribution in [-0.4, -0.2) is 48.7 Å². The molecule has 0 bridgehead atoms. The number of likely N-dealkylation sites (N-methyl/N-ethyl adjacent to an activating group) is 1. The van der Waals surface area contributed by atoms with Gasteiger partial charge in [0.05, 0.1) is 11.4 Å². The molecule has 3 heterocycles. The van der Waals surface area contributed by atoms with Crippen LogP contribution < -0.4 is 4.90 Å². The van der Waals surface area contributed by atoms with E-state index < -0.39 is 0 Å². The highest BCUT2D eigenvalue weighted by atomic mass is 15.3. The molecule has 0 amide bonds.